The maximum atomic E-state index is 11.2. The van der Waals surface area contributed by atoms with Gasteiger partial charge in [0.15, 0.2) is 0 Å². The summed E-state index contributed by atoms with van der Waals surface area (Å²) in [6.45, 7) is 1.57. The van der Waals surface area contributed by atoms with Crippen molar-refractivity contribution in [2.24, 2.45) is 0 Å². The molecule has 0 aromatic heterocycles. The molecular formula is C9H9BrO2Se. The van der Waals surface area contributed by atoms with E-state index >= 15 is 0 Å². The third-order valence-corrected chi connectivity index (χ3v) is 4.56. The molecule has 0 amide bonds. The molecule has 0 radical (unpaired) electrons. The molecule has 0 unspecified atom stereocenters. The van der Waals surface area contributed by atoms with Crippen LogP contribution in [0.5, 0.6) is 5.75 Å². The normalized spacial score (nSPS) is 9.77. The molecule has 0 N–H and O–H groups in total. The Labute approximate surface area is 90.5 Å². The van der Waals surface area contributed by atoms with E-state index in [1.807, 2.05) is 12.1 Å². The van der Waals surface area contributed by atoms with Crippen molar-refractivity contribution in [1.29, 1.82) is 0 Å². The van der Waals surface area contributed by atoms with Crippen molar-refractivity contribution in [3.8, 4) is 5.75 Å². The van der Waals surface area contributed by atoms with Gasteiger partial charge in [-0.1, -0.05) is 0 Å². The molecule has 0 heterocycles. The molecule has 0 bridgehead atoms. The van der Waals surface area contributed by atoms with Gasteiger partial charge in [-0.3, -0.25) is 0 Å². The van der Waals surface area contributed by atoms with Crippen molar-refractivity contribution in [2.75, 3.05) is 7.11 Å². The molecule has 0 spiro atoms. The van der Waals surface area contributed by atoms with Crippen molar-refractivity contribution >= 4 is 37.5 Å². The Morgan fingerprint density at radius 1 is 1.54 bits per heavy atom. The first-order valence-corrected chi connectivity index (χ1v) is 8.53. The molecule has 0 atom stereocenters. The zero-order valence-electron chi connectivity index (χ0n) is 7.33. The Bertz CT molecular complexity index is 325. The van der Waals surface area contributed by atoms with E-state index in [0.29, 0.717) is 0 Å². The molecular weight excluding hydrogens is 299 g/mol. The van der Waals surface area contributed by atoms with Crippen LogP contribution in [0.15, 0.2) is 18.2 Å². The first kappa shape index (κ1) is 10.8. The van der Waals surface area contributed by atoms with Gasteiger partial charge in [0, 0.05) is 0 Å². The number of benzene rings is 1. The van der Waals surface area contributed by atoms with Gasteiger partial charge >= 0.3 is 90.6 Å². The van der Waals surface area contributed by atoms with E-state index in [9.17, 15) is 4.79 Å². The van der Waals surface area contributed by atoms with Crippen molar-refractivity contribution in [3.05, 3.63) is 23.8 Å². The Morgan fingerprint density at radius 3 is 2.69 bits per heavy atom. The van der Waals surface area contributed by atoms with Crippen LogP contribution in [0.3, 0.4) is 0 Å². The predicted octanol–water partition coefficient (Wildman–Crippen LogP) is 1.54. The summed E-state index contributed by atoms with van der Waals surface area (Å²) in [5, 5.41) is 0. The van der Waals surface area contributed by atoms with Crippen LogP contribution in [0.4, 0.5) is 0 Å². The van der Waals surface area contributed by atoms with E-state index in [2.05, 4.69) is 14.1 Å². The van der Waals surface area contributed by atoms with E-state index in [4.69, 9.17) is 4.74 Å². The van der Waals surface area contributed by atoms with Gasteiger partial charge in [-0.05, 0) is 0 Å². The number of Topliss-reactive ketones (excluding diaryl/α,β-unsaturated/α-hetero) is 1. The second-order valence-corrected chi connectivity index (χ2v) is 5.42. The summed E-state index contributed by atoms with van der Waals surface area (Å²) in [5.74, 6) is 0.806. The fourth-order valence-electron chi connectivity index (χ4n) is 0.978. The van der Waals surface area contributed by atoms with Crippen molar-refractivity contribution in [2.45, 2.75) is 6.92 Å². The van der Waals surface area contributed by atoms with E-state index < -0.39 is 0 Å². The number of halogens is 1. The average molecular weight is 308 g/mol. The third-order valence-electron chi connectivity index (χ3n) is 1.65. The number of hydrogen-bond donors (Lipinski definition) is 0. The molecule has 0 aliphatic rings. The quantitative estimate of drug-likeness (QED) is 0.625. The number of carbonyl (C=O) groups excluding carboxylic acids is 1. The van der Waals surface area contributed by atoms with Gasteiger partial charge in [0.25, 0.3) is 0 Å². The van der Waals surface area contributed by atoms with Crippen LogP contribution in [0.2, 0.25) is 0 Å². The van der Waals surface area contributed by atoms with Gasteiger partial charge < -0.3 is 0 Å². The molecule has 2 nitrogen and oxygen atoms in total. The zero-order chi connectivity index (χ0) is 9.84. The SMILES string of the molecule is COc1ccc([Se]Br)c(C(C)=O)c1. The number of rotatable bonds is 3. The van der Waals surface area contributed by atoms with E-state index in [-0.39, 0.29) is 18.9 Å². The van der Waals surface area contributed by atoms with E-state index in [1.165, 1.54) is 0 Å². The summed E-state index contributed by atoms with van der Waals surface area (Å²) >= 11 is 3.56. The molecule has 0 aliphatic carbocycles. The van der Waals surface area contributed by atoms with Gasteiger partial charge in [0.2, 0.25) is 0 Å². The van der Waals surface area contributed by atoms with Crippen molar-refractivity contribution < 1.29 is 9.53 Å². The number of ketones is 1. The fourth-order valence-corrected chi connectivity index (χ4v) is 3.30. The summed E-state index contributed by atoms with van der Waals surface area (Å²) in [5.41, 5.74) is 0.747. The number of ether oxygens (including phenoxy) is 1. The molecule has 13 heavy (non-hydrogen) atoms. The first-order valence-electron chi connectivity index (χ1n) is 3.66. The standard InChI is InChI=1S/C9H9BrO2Se/c1-6(11)8-5-7(12-2)3-4-9(8)13-10/h3-5H,1-2H3. The van der Waals surface area contributed by atoms with E-state index in [1.54, 1.807) is 20.1 Å². The number of carbonyl (C=O) groups is 1. The monoisotopic (exact) mass is 308 g/mol. The summed E-state index contributed by atoms with van der Waals surface area (Å²) in [4.78, 5) is 11.2. The molecule has 0 fully saturated rings. The zero-order valence-corrected chi connectivity index (χ0v) is 10.6. The Balaban J connectivity index is 3.18. The Hall–Kier alpha value is -0.311. The topological polar surface area (TPSA) is 26.3 Å². The van der Waals surface area contributed by atoms with Crippen molar-refractivity contribution in [1.82, 2.24) is 0 Å². The van der Waals surface area contributed by atoms with Crippen LogP contribution >= 0.6 is 14.1 Å². The van der Waals surface area contributed by atoms with Crippen LogP contribution < -0.4 is 9.20 Å². The molecule has 1 rings (SSSR count). The van der Waals surface area contributed by atoms with Crippen LogP contribution in [-0.4, -0.2) is 26.0 Å². The molecule has 0 aliphatic heterocycles. The molecule has 4 heteroatoms. The molecule has 1 aromatic rings. The van der Waals surface area contributed by atoms with Crippen molar-refractivity contribution in [3.63, 3.8) is 0 Å². The van der Waals surface area contributed by atoms with Gasteiger partial charge in [-0.15, -0.1) is 0 Å². The number of methoxy groups -OCH3 is 1. The summed E-state index contributed by atoms with van der Waals surface area (Å²) in [7, 11) is 1.60. The fraction of sp³-hybridized carbons (Fsp3) is 0.222. The van der Waals surface area contributed by atoms with Crippen LogP contribution in [0.1, 0.15) is 17.3 Å². The van der Waals surface area contributed by atoms with Crippen LogP contribution in [-0.2, 0) is 0 Å². The van der Waals surface area contributed by atoms with Crippen LogP contribution in [0, 0.1) is 0 Å². The second kappa shape index (κ2) is 4.80. The minimum atomic E-state index is 0.0789. The first-order chi connectivity index (χ1) is 6.19. The molecule has 70 valence electrons. The summed E-state index contributed by atoms with van der Waals surface area (Å²) < 4.78 is 6.10. The van der Waals surface area contributed by atoms with Gasteiger partial charge in [-0.25, -0.2) is 0 Å². The summed E-state index contributed by atoms with van der Waals surface area (Å²) in [6, 6.07) is 5.57. The van der Waals surface area contributed by atoms with Gasteiger partial charge in [0.1, 0.15) is 0 Å². The molecule has 0 saturated heterocycles. The van der Waals surface area contributed by atoms with Gasteiger partial charge in [0.05, 0.1) is 0 Å². The average Bonchev–Trinajstić information content (AvgIpc) is 2.16. The number of hydrogen-bond acceptors (Lipinski definition) is 2. The van der Waals surface area contributed by atoms with Gasteiger partial charge in [-0.2, -0.15) is 0 Å². The summed E-state index contributed by atoms with van der Waals surface area (Å²) in [6.07, 6.45) is 0. The predicted molar refractivity (Wildman–Crippen MR) is 57.3 cm³/mol. The third kappa shape index (κ3) is 2.56. The maximum absolute atomic E-state index is 11.2. The van der Waals surface area contributed by atoms with E-state index in [0.717, 1.165) is 15.8 Å². The van der Waals surface area contributed by atoms with Crippen LogP contribution in [0.25, 0.3) is 0 Å². The molecule has 0 saturated carbocycles. The second-order valence-electron chi connectivity index (χ2n) is 2.50. The Kier molecular flexibility index (Phi) is 3.97. The minimum absolute atomic E-state index is 0.0789. The Morgan fingerprint density at radius 2 is 2.23 bits per heavy atom. The molecule has 1 aromatic carbocycles.